The summed E-state index contributed by atoms with van der Waals surface area (Å²) in [5.41, 5.74) is 1.32. The lowest BCUT2D eigenvalue weighted by Gasteiger charge is -2.11. The van der Waals surface area contributed by atoms with E-state index in [9.17, 15) is 0 Å². The molecule has 1 N–H and O–H groups in total. The van der Waals surface area contributed by atoms with Crippen molar-refractivity contribution in [2.24, 2.45) is 0 Å². The van der Waals surface area contributed by atoms with Crippen molar-refractivity contribution >= 4 is 11.3 Å². The molecule has 0 bridgehead atoms. The van der Waals surface area contributed by atoms with Gasteiger partial charge in [-0.15, -0.1) is 11.3 Å². The van der Waals surface area contributed by atoms with E-state index in [0.29, 0.717) is 6.04 Å². The lowest BCUT2D eigenvalue weighted by Crippen LogP contribution is -2.21. The minimum Gasteiger partial charge on any atom is -0.497 e. The van der Waals surface area contributed by atoms with E-state index in [4.69, 9.17) is 4.74 Å². The third-order valence-corrected chi connectivity index (χ3v) is 4.64. The van der Waals surface area contributed by atoms with Gasteiger partial charge in [0.2, 0.25) is 0 Å². The van der Waals surface area contributed by atoms with Gasteiger partial charge < -0.3 is 10.1 Å². The van der Waals surface area contributed by atoms with Crippen molar-refractivity contribution in [3.05, 3.63) is 45.9 Å². The van der Waals surface area contributed by atoms with Crippen molar-refractivity contribution in [2.45, 2.75) is 32.7 Å². The third kappa shape index (κ3) is 4.05. The normalized spacial score (nSPS) is 12.3. The largest absolute Gasteiger partial charge is 0.497 e. The van der Waals surface area contributed by atoms with Gasteiger partial charge in [-0.1, -0.05) is 19.1 Å². The maximum absolute atomic E-state index is 5.16. The molecule has 0 amide bonds. The van der Waals surface area contributed by atoms with Gasteiger partial charge in [0, 0.05) is 11.1 Å². The molecule has 0 aliphatic heterocycles. The van der Waals surface area contributed by atoms with Crippen LogP contribution >= 0.6 is 11.3 Å². The second-order valence-corrected chi connectivity index (χ2v) is 5.94. The number of nitrogens with one attached hydrogen (secondary N) is 1. The van der Waals surface area contributed by atoms with Gasteiger partial charge in [-0.2, -0.15) is 0 Å². The zero-order valence-electron chi connectivity index (χ0n) is 12.3. The molecule has 0 saturated carbocycles. The molecule has 2 rings (SSSR count). The fraction of sp³-hybridized carbons (Fsp3) is 0.438. The van der Waals surface area contributed by atoms with Crippen molar-refractivity contribution in [3.63, 3.8) is 0 Å². The van der Waals surface area contributed by atoms with Gasteiger partial charge in [0.25, 0.3) is 0 Å². The van der Waals surface area contributed by atoms with Crippen LogP contribution in [0.25, 0.3) is 0 Å². The van der Waals surface area contributed by atoms with Crippen molar-refractivity contribution in [1.29, 1.82) is 0 Å². The number of thiazole rings is 1. The summed E-state index contributed by atoms with van der Waals surface area (Å²) in [6.07, 6.45) is 4.07. The number of hydrogen-bond donors (Lipinski definition) is 1. The summed E-state index contributed by atoms with van der Waals surface area (Å²) in [5, 5.41) is 4.71. The van der Waals surface area contributed by atoms with Gasteiger partial charge in [0.15, 0.2) is 0 Å². The highest BCUT2D eigenvalue weighted by Crippen LogP contribution is 2.20. The summed E-state index contributed by atoms with van der Waals surface area (Å²) in [6, 6.07) is 8.56. The Morgan fingerprint density at radius 3 is 2.65 bits per heavy atom. The van der Waals surface area contributed by atoms with Crippen LogP contribution in [0.5, 0.6) is 5.75 Å². The predicted molar refractivity (Wildman–Crippen MR) is 84.6 cm³/mol. The molecule has 0 spiro atoms. The molecule has 1 unspecified atom stereocenters. The van der Waals surface area contributed by atoms with Crippen LogP contribution in [0.1, 0.15) is 35.3 Å². The lowest BCUT2D eigenvalue weighted by atomic mass is 10.1. The molecule has 1 aromatic heterocycles. The predicted octanol–water partition coefficient (Wildman–Crippen LogP) is 3.61. The molecule has 3 nitrogen and oxygen atoms in total. The van der Waals surface area contributed by atoms with E-state index in [-0.39, 0.29) is 0 Å². The number of nitrogens with zero attached hydrogens (tertiary/aromatic N) is 1. The molecule has 20 heavy (non-hydrogen) atoms. The standard InChI is InChI=1S/C16H22N2OS/c1-4-15-11-18-16(20-15)12(2)17-10-9-13-5-7-14(19-3)8-6-13/h5-8,11-12,17H,4,9-10H2,1-3H3. The zero-order chi connectivity index (χ0) is 14.4. The first kappa shape index (κ1) is 15.0. The average molecular weight is 290 g/mol. The van der Waals surface area contributed by atoms with Gasteiger partial charge >= 0.3 is 0 Å². The van der Waals surface area contributed by atoms with Gasteiger partial charge in [-0.05, 0) is 44.0 Å². The number of methoxy groups -OCH3 is 1. The van der Waals surface area contributed by atoms with Crippen LogP contribution in [0.2, 0.25) is 0 Å². The van der Waals surface area contributed by atoms with E-state index >= 15 is 0 Å². The van der Waals surface area contributed by atoms with E-state index in [2.05, 4.69) is 36.3 Å². The molecule has 0 saturated heterocycles. The van der Waals surface area contributed by atoms with E-state index < -0.39 is 0 Å². The quantitative estimate of drug-likeness (QED) is 0.846. The molecule has 1 aromatic carbocycles. The summed E-state index contributed by atoms with van der Waals surface area (Å²) in [7, 11) is 1.69. The Balaban J connectivity index is 1.79. The number of rotatable bonds is 7. The fourth-order valence-electron chi connectivity index (χ4n) is 2.00. The molecular weight excluding hydrogens is 268 g/mol. The van der Waals surface area contributed by atoms with E-state index in [1.807, 2.05) is 18.3 Å². The SMILES string of the molecule is CCc1cnc(C(C)NCCc2ccc(OC)cc2)s1. The molecule has 1 atom stereocenters. The van der Waals surface area contributed by atoms with E-state index in [0.717, 1.165) is 25.1 Å². The molecule has 0 aliphatic carbocycles. The molecular formula is C16H22N2OS. The molecule has 0 aliphatic rings. The van der Waals surface area contributed by atoms with Crippen molar-refractivity contribution in [3.8, 4) is 5.75 Å². The van der Waals surface area contributed by atoms with Crippen LogP contribution in [0.15, 0.2) is 30.5 Å². The van der Waals surface area contributed by atoms with E-state index in [1.54, 1.807) is 18.4 Å². The fourth-order valence-corrected chi connectivity index (χ4v) is 2.88. The van der Waals surface area contributed by atoms with Crippen molar-refractivity contribution < 1.29 is 4.74 Å². The maximum atomic E-state index is 5.16. The van der Waals surface area contributed by atoms with Crippen LogP contribution in [0.4, 0.5) is 0 Å². The Bertz CT molecular complexity index is 522. The number of hydrogen-bond acceptors (Lipinski definition) is 4. The summed E-state index contributed by atoms with van der Waals surface area (Å²) in [5.74, 6) is 0.907. The first-order valence-electron chi connectivity index (χ1n) is 7.03. The summed E-state index contributed by atoms with van der Waals surface area (Å²) < 4.78 is 5.16. The Morgan fingerprint density at radius 2 is 2.05 bits per heavy atom. The average Bonchev–Trinajstić information content (AvgIpc) is 2.97. The highest BCUT2D eigenvalue weighted by Gasteiger charge is 2.09. The van der Waals surface area contributed by atoms with Gasteiger partial charge in [0.05, 0.1) is 13.2 Å². The zero-order valence-corrected chi connectivity index (χ0v) is 13.2. The smallest absolute Gasteiger partial charge is 0.118 e. The third-order valence-electron chi connectivity index (χ3n) is 3.31. The molecule has 4 heteroatoms. The summed E-state index contributed by atoms with van der Waals surface area (Å²) in [6.45, 7) is 5.29. The lowest BCUT2D eigenvalue weighted by molar-refractivity contribution is 0.414. The minimum atomic E-state index is 0.318. The molecule has 108 valence electrons. The molecule has 0 radical (unpaired) electrons. The Hall–Kier alpha value is -1.39. The van der Waals surface area contributed by atoms with Gasteiger partial charge in [-0.3, -0.25) is 0 Å². The number of aromatic nitrogens is 1. The second-order valence-electron chi connectivity index (χ2n) is 4.79. The highest BCUT2D eigenvalue weighted by molar-refractivity contribution is 7.11. The Labute approximate surface area is 125 Å². The number of ether oxygens (including phenoxy) is 1. The second kappa shape index (κ2) is 7.41. The van der Waals surface area contributed by atoms with E-state index in [1.165, 1.54) is 15.4 Å². The summed E-state index contributed by atoms with van der Waals surface area (Å²) >= 11 is 1.80. The van der Waals surface area contributed by atoms with Gasteiger partial charge in [-0.25, -0.2) is 4.98 Å². The number of aryl methyl sites for hydroxylation is 1. The molecule has 1 heterocycles. The maximum Gasteiger partial charge on any atom is 0.118 e. The highest BCUT2D eigenvalue weighted by atomic mass is 32.1. The number of benzene rings is 1. The monoisotopic (exact) mass is 290 g/mol. The topological polar surface area (TPSA) is 34.2 Å². The van der Waals surface area contributed by atoms with Gasteiger partial charge in [0.1, 0.15) is 10.8 Å². The molecule has 0 fully saturated rings. The summed E-state index contributed by atoms with van der Waals surface area (Å²) in [4.78, 5) is 5.83. The van der Waals surface area contributed by atoms with Crippen LogP contribution in [-0.2, 0) is 12.8 Å². The first-order chi connectivity index (χ1) is 9.72. The Morgan fingerprint density at radius 1 is 1.30 bits per heavy atom. The molecule has 2 aromatic rings. The Kier molecular flexibility index (Phi) is 5.56. The van der Waals surface area contributed by atoms with Crippen molar-refractivity contribution in [1.82, 2.24) is 10.3 Å². The van der Waals surface area contributed by atoms with Crippen LogP contribution in [-0.4, -0.2) is 18.6 Å². The van der Waals surface area contributed by atoms with Crippen molar-refractivity contribution in [2.75, 3.05) is 13.7 Å². The first-order valence-corrected chi connectivity index (χ1v) is 7.85. The van der Waals surface area contributed by atoms with Crippen LogP contribution in [0.3, 0.4) is 0 Å². The van der Waals surface area contributed by atoms with Crippen LogP contribution < -0.4 is 10.1 Å². The van der Waals surface area contributed by atoms with Crippen LogP contribution in [0, 0.1) is 0 Å². The minimum absolute atomic E-state index is 0.318.